The van der Waals surface area contributed by atoms with E-state index in [2.05, 4.69) is 58.6 Å². The highest BCUT2D eigenvalue weighted by Crippen LogP contribution is 2.09. The molecule has 0 saturated heterocycles. The van der Waals surface area contributed by atoms with Gasteiger partial charge in [0.25, 0.3) is 0 Å². The van der Waals surface area contributed by atoms with Crippen LogP contribution in [-0.2, 0) is 6.54 Å². The minimum atomic E-state index is 0.137. The molecule has 21 heavy (non-hydrogen) atoms. The van der Waals surface area contributed by atoms with Crippen molar-refractivity contribution in [3.05, 3.63) is 16.1 Å². The summed E-state index contributed by atoms with van der Waals surface area (Å²) < 4.78 is 0. The monoisotopic (exact) mass is 311 g/mol. The number of aromatic nitrogens is 1. The van der Waals surface area contributed by atoms with Crippen molar-refractivity contribution < 1.29 is 0 Å². The highest BCUT2D eigenvalue weighted by Gasteiger charge is 2.10. The van der Waals surface area contributed by atoms with Gasteiger partial charge in [-0.15, -0.1) is 11.3 Å². The fourth-order valence-electron chi connectivity index (χ4n) is 1.86. The minimum Gasteiger partial charge on any atom is -0.357 e. The van der Waals surface area contributed by atoms with Gasteiger partial charge in [0.15, 0.2) is 5.96 Å². The molecular formula is C15H29N5S. The molecule has 0 radical (unpaired) electrons. The summed E-state index contributed by atoms with van der Waals surface area (Å²) in [5.74, 6) is 0.930. The second-order valence-electron chi connectivity index (χ2n) is 6.13. The number of aliphatic imine (C=N–C) groups is 1. The lowest BCUT2D eigenvalue weighted by Gasteiger charge is -2.22. The second-order valence-corrected chi connectivity index (χ2v) is 7.19. The summed E-state index contributed by atoms with van der Waals surface area (Å²) in [6.07, 6.45) is 0. The first-order chi connectivity index (χ1) is 9.81. The quantitative estimate of drug-likeness (QED) is 0.481. The number of guanidine groups is 1. The summed E-state index contributed by atoms with van der Waals surface area (Å²) >= 11 is 1.69. The Hall–Kier alpha value is -1.14. The Morgan fingerprint density at radius 2 is 2.14 bits per heavy atom. The van der Waals surface area contributed by atoms with E-state index >= 15 is 0 Å². The predicted octanol–water partition coefficient (Wildman–Crippen LogP) is 2.24. The van der Waals surface area contributed by atoms with Crippen molar-refractivity contribution in [1.29, 1.82) is 0 Å². The first kappa shape index (κ1) is 17.9. The highest BCUT2D eigenvalue weighted by molar-refractivity contribution is 7.09. The average Bonchev–Trinajstić information content (AvgIpc) is 2.77. The number of rotatable bonds is 6. The molecule has 0 saturated carbocycles. The van der Waals surface area contributed by atoms with Crippen molar-refractivity contribution in [2.75, 3.05) is 26.7 Å². The molecule has 0 aliphatic carbocycles. The normalized spacial score (nSPS) is 12.6. The van der Waals surface area contributed by atoms with Crippen LogP contribution in [-0.4, -0.2) is 48.1 Å². The Morgan fingerprint density at radius 1 is 1.43 bits per heavy atom. The SMILES string of the molecule is CCNC(=NCCNC(C)(C)C)N(C)Cc1csc(C)n1. The van der Waals surface area contributed by atoms with E-state index in [0.29, 0.717) is 0 Å². The molecule has 2 N–H and O–H groups in total. The molecule has 0 amide bonds. The maximum Gasteiger partial charge on any atom is 0.194 e. The van der Waals surface area contributed by atoms with Crippen LogP contribution in [0.3, 0.4) is 0 Å². The standard InChI is InChI=1S/C15H29N5S/c1-7-16-14(17-8-9-18-15(3,4)5)20(6)10-13-11-21-12(2)19-13/h11,18H,7-10H2,1-6H3,(H,16,17). The number of aryl methyl sites for hydroxylation is 1. The number of hydrogen-bond donors (Lipinski definition) is 2. The smallest absolute Gasteiger partial charge is 0.194 e. The molecule has 0 unspecified atom stereocenters. The molecule has 6 heteroatoms. The lowest BCUT2D eigenvalue weighted by atomic mass is 10.1. The van der Waals surface area contributed by atoms with E-state index in [1.807, 2.05) is 14.0 Å². The van der Waals surface area contributed by atoms with Crippen molar-refractivity contribution in [2.45, 2.75) is 46.7 Å². The third kappa shape index (κ3) is 7.43. The zero-order chi connectivity index (χ0) is 15.9. The molecule has 5 nitrogen and oxygen atoms in total. The summed E-state index contributed by atoms with van der Waals surface area (Å²) in [4.78, 5) is 11.3. The van der Waals surface area contributed by atoms with Crippen LogP contribution in [0.5, 0.6) is 0 Å². The zero-order valence-corrected chi connectivity index (χ0v) is 15.0. The van der Waals surface area contributed by atoms with Gasteiger partial charge in [-0.3, -0.25) is 4.99 Å². The fourth-order valence-corrected chi connectivity index (χ4v) is 2.46. The second kappa shape index (κ2) is 8.34. The maximum absolute atomic E-state index is 4.66. The van der Waals surface area contributed by atoms with E-state index in [-0.39, 0.29) is 5.54 Å². The van der Waals surface area contributed by atoms with Gasteiger partial charge in [-0.25, -0.2) is 4.98 Å². The molecule has 0 bridgehead atoms. The van der Waals surface area contributed by atoms with Gasteiger partial charge in [-0.2, -0.15) is 0 Å². The van der Waals surface area contributed by atoms with Gasteiger partial charge in [-0.1, -0.05) is 0 Å². The van der Waals surface area contributed by atoms with Crippen LogP contribution in [0.15, 0.2) is 10.4 Å². The van der Waals surface area contributed by atoms with Gasteiger partial charge in [0, 0.05) is 31.1 Å². The van der Waals surface area contributed by atoms with Crippen LogP contribution in [0, 0.1) is 6.92 Å². The van der Waals surface area contributed by atoms with Crippen molar-refractivity contribution >= 4 is 17.3 Å². The van der Waals surface area contributed by atoms with E-state index in [0.717, 1.165) is 42.8 Å². The van der Waals surface area contributed by atoms with Crippen molar-refractivity contribution in [1.82, 2.24) is 20.5 Å². The maximum atomic E-state index is 4.66. The predicted molar refractivity (Wildman–Crippen MR) is 92.1 cm³/mol. The Morgan fingerprint density at radius 3 is 2.67 bits per heavy atom. The molecule has 0 spiro atoms. The number of nitrogens with one attached hydrogen (secondary N) is 2. The van der Waals surface area contributed by atoms with Gasteiger partial charge in [0.05, 0.1) is 23.8 Å². The van der Waals surface area contributed by atoms with Crippen LogP contribution >= 0.6 is 11.3 Å². The molecule has 1 aromatic heterocycles. The summed E-state index contributed by atoms with van der Waals surface area (Å²) in [6, 6.07) is 0. The number of thiazole rings is 1. The van der Waals surface area contributed by atoms with E-state index in [1.54, 1.807) is 11.3 Å². The minimum absolute atomic E-state index is 0.137. The van der Waals surface area contributed by atoms with Crippen molar-refractivity contribution in [3.63, 3.8) is 0 Å². The van der Waals surface area contributed by atoms with Crippen LogP contribution < -0.4 is 10.6 Å². The lowest BCUT2D eigenvalue weighted by molar-refractivity contribution is 0.429. The fraction of sp³-hybridized carbons (Fsp3) is 0.733. The molecule has 0 aliphatic rings. The van der Waals surface area contributed by atoms with Crippen molar-refractivity contribution in [3.8, 4) is 0 Å². The van der Waals surface area contributed by atoms with E-state index in [4.69, 9.17) is 0 Å². The first-order valence-corrected chi connectivity index (χ1v) is 8.35. The molecule has 0 atom stereocenters. The van der Waals surface area contributed by atoms with E-state index in [1.165, 1.54) is 0 Å². The Bertz CT molecular complexity index is 447. The number of nitrogens with zero attached hydrogens (tertiary/aromatic N) is 3. The molecule has 0 aromatic carbocycles. The summed E-state index contributed by atoms with van der Waals surface area (Å²) in [5.41, 5.74) is 1.23. The highest BCUT2D eigenvalue weighted by atomic mass is 32.1. The molecule has 0 aliphatic heterocycles. The lowest BCUT2D eigenvalue weighted by Crippen LogP contribution is -2.40. The van der Waals surface area contributed by atoms with E-state index in [9.17, 15) is 0 Å². The topological polar surface area (TPSA) is 52.6 Å². The molecule has 1 aromatic rings. The Kier molecular flexibility index (Phi) is 7.11. The van der Waals surface area contributed by atoms with Crippen LogP contribution in [0.4, 0.5) is 0 Å². The van der Waals surface area contributed by atoms with Crippen LogP contribution in [0.1, 0.15) is 38.4 Å². The van der Waals surface area contributed by atoms with Gasteiger partial charge in [0.2, 0.25) is 0 Å². The molecule has 1 heterocycles. The summed E-state index contributed by atoms with van der Waals surface area (Å²) in [6.45, 7) is 13.9. The zero-order valence-electron chi connectivity index (χ0n) is 14.2. The van der Waals surface area contributed by atoms with Gasteiger partial charge < -0.3 is 15.5 Å². The van der Waals surface area contributed by atoms with Crippen LogP contribution in [0.2, 0.25) is 0 Å². The third-order valence-electron chi connectivity index (χ3n) is 2.79. The average molecular weight is 311 g/mol. The molecular weight excluding hydrogens is 282 g/mol. The van der Waals surface area contributed by atoms with Gasteiger partial charge in [-0.05, 0) is 34.6 Å². The Balaban J connectivity index is 2.54. The molecule has 120 valence electrons. The largest absolute Gasteiger partial charge is 0.357 e. The summed E-state index contributed by atoms with van der Waals surface area (Å²) in [7, 11) is 2.05. The van der Waals surface area contributed by atoms with Crippen molar-refractivity contribution in [2.24, 2.45) is 4.99 Å². The summed E-state index contributed by atoms with van der Waals surface area (Å²) in [5, 5.41) is 9.99. The molecule has 0 fully saturated rings. The third-order valence-corrected chi connectivity index (χ3v) is 3.61. The number of hydrogen-bond acceptors (Lipinski definition) is 4. The van der Waals surface area contributed by atoms with Gasteiger partial charge in [0.1, 0.15) is 0 Å². The van der Waals surface area contributed by atoms with Crippen LogP contribution in [0.25, 0.3) is 0 Å². The van der Waals surface area contributed by atoms with Gasteiger partial charge >= 0.3 is 0 Å². The first-order valence-electron chi connectivity index (χ1n) is 7.47. The van der Waals surface area contributed by atoms with E-state index < -0.39 is 0 Å². The molecule has 1 rings (SSSR count). The Labute approximate surface area is 132 Å².